The van der Waals surface area contributed by atoms with Crippen LogP contribution in [0.5, 0.6) is 0 Å². The van der Waals surface area contributed by atoms with Crippen molar-refractivity contribution in [2.75, 3.05) is 7.05 Å². The van der Waals surface area contributed by atoms with E-state index < -0.39 is 0 Å². The van der Waals surface area contributed by atoms with Crippen molar-refractivity contribution in [3.63, 3.8) is 0 Å². The first kappa shape index (κ1) is 14.3. The van der Waals surface area contributed by atoms with Gasteiger partial charge in [-0.05, 0) is 64.3 Å². The van der Waals surface area contributed by atoms with E-state index in [4.69, 9.17) is 4.74 Å². The van der Waals surface area contributed by atoms with Crippen LogP contribution >= 0.6 is 0 Å². The standard InChI is InChI=1S/C16H31NO/c1-4-5-13-7-9-16(17-3)14(10-13)11-15-8-6-12(2)18-15/h12-17H,4-11H2,1-3H3. The highest BCUT2D eigenvalue weighted by molar-refractivity contribution is 4.87. The van der Waals surface area contributed by atoms with Crippen molar-refractivity contribution in [2.45, 2.75) is 83.5 Å². The zero-order valence-electron chi connectivity index (χ0n) is 12.5. The second-order valence-corrected chi connectivity index (χ2v) is 6.50. The Morgan fingerprint density at radius 1 is 1.17 bits per heavy atom. The quantitative estimate of drug-likeness (QED) is 0.805. The Morgan fingerprint density at radius 2 is 2.00 bits per heavy atom. The van der Waals surface area contributed by atoms with Crippen molar-refractivity contribution in [2.24, 2.45) is 11.8 Å². The van der Waals surface area contributed by atoms with Crippen molar-refractivity contribution >= 4 is 0 Å². The van der Waals surface area contributed by atoms with Crippen LogP contribution < -0.4 is 5.32 Å². The molecule has 106 valence electrons. The molecular formula is C16H31NO. The van der Waals surface area contributed by atoms with Gasteiger partial charge >= 0.3 is 0 Å². The van der Waals surface area contributed by atoms with Crippen LogP contribution in [0.3, 0.4) is 0 Å². The van der Waals surface area contributed by atoms with E-state index in [9.17, 15) is 0 Å². The lowest BCUT2D eigenvalue weighted by atomic mass is 9.74. The van der Waals surface area contributed by atoms with E-state index in [1.54, 1.807) is 0 Å². The second-order valence-electron chi connectivity index (χ2n) is 6.50. The Labute approximate surface area is 113 Å². The predicted molar refractivity (Wildman–Crippen MR) is 76.8 cm³/mol. The highest BCUT2D eigenvalue weighted by Crippen LogP contribution is 2.37. The lowest BCUT2D eigenvalue weighted by Crippen LogP contribution is -2.40. The number of rotatable bonds is 5. The van der Waals surface area contributed by atoms with E-state index in [1.807, 2.05) is 0 Å². The average Bonchev–Trinajstić information content (AvgIpc) is 2.76. The maximum absolute atomic E-state index is 6.02. The minimum atomic E-state index is 0.498. The first-order chi connectivity index (χ1) is 8.72. The summed E-state index contributed by atoms with van der Waals surface area (Å²) in [5.74, 6) is 1.82. The van der Waals surface area contributed by atoms with Crippen LogP contribution in [0, 0.1) is 11.8 Å². The van der Waals surface area contributed by atoms with Gasteiger partial charge in [0.15, 0.2) is 0 Å². The van der Waals surface area contributed by atoms with E-state index in [1.165, 1.54) is 51.4 Å². The van der Waals surface area contributed by atoms with Gasteiger partial charge in [0, 0.05) is 6.04 Å². The molecule has 0 bridgehead atoms. The minimum absolute atomic E-state index is 0.498. The van der Waals surface area contributed by atoms with Crippen LogP contribution in [0.15, 0.2) is 0 Å². The lowest BCUT2D eigenvalue weighted by molar-refractivity contribution is 0.0283. The normalized spacial score (nSPS) is 41.2. The summed E-state index contributed by atoms with van der Waals surface area (Å²) in [7, 11) is 2.13. The number of hydrogen-bond donors (Lipinski definition) is 1. The Balaban J connectivity index is 1.85. The first-order valence-electron chi connectivity index (χ1n) is 8.05. The minimum Gasteiger partial charge on any atom is -0.375 e. The summed E-state index contributed by atoms with van der Waals surface area (Å²) in [6, 6.07) is 0.734. The van der Waals surface area contributed by atoms with Gasteiger partial charge < -0.3 is 10.1 Å². The maximum Gasteiger partial charge on any atom is 0.0583 e. The zero-order valence-corrected chi connectivity index (χ0v) is 12.5. The van der Waals surface area contributed by atoms with E-state index in [-0.39, 0.29) is 0 Å². The van der Waals surface area contributed by atoms with Crippen molar-refractivity contribution in [1.29, 1.82) is 0 Å². The molecule has 0 amide bonds. The van der Waals surface area contributed by atoms with E-state index in [0.29, 0.717) is 12.2 Å². The van der Waals surface area contributed by atoms with Gasteiger partial charge in [0.05, 0.1) is 12.2 Å². The van der Waals surface area contributed by atoms with Crippen LogP contribution in [0.2, 0.25) is 0 Å². The molecule has 2 fully saturated rings. The molecule has 2 aliphatic rings. The third-order valence-corrected chi connectivity index (χ3v) is 5.04. The van der Waals surface area contributed by atoms with Crippen LogP contribution in [0.1, 0.15) is 65.2 Å². The van der Waals surface area contributed by atoms with Crippen molar-refractivity contribution in [3.05, 3.63) is 0 Å². The van der Waals surface area contributed by atoms with E-state index >= 15 is 0 Å². The number of hydrogen-bond acceptors (Lipinski definition) is 2. The van der Waals surface area contributed by atoms with Crippen LogP contribution in [-0.4, -0.2) is 25.3 Å². The molecule has 1 aliphatic heterocycles. The molecule has 1 saturated carbocycles. The molecule has 1 N–H and O–H groups in total. The highest BCUT2D eigenvalue weighted by atomic mass is 16.5. The predicted octanol–water partition coefficient (Wildman–Crippen LogP) is 3.75. The molecule has 5 atom stereocenters. The monoisotopic (exact) mass is 253 g/mol. The summed E-state index contributed by atoms with van der Waals surface area (Å²) in [4.78, 5) is 0. The van der Waals surface area contributed by atoms with Gasteiger partial charge in [-0.3, -0.25) is 0 Å². The molecule has 0 aromatic heterocycles. The van der Waals surface area contributed by atoms with Crippen molar-refractivity contribution < 1.29 is 4.74 Å². The van der Waals surface area contributed by atoms with Gasteiger partial charge in [0.2, 0.25) is 0 Å². The SMILES string of the molecule is CCCC1CCC(NC)C(CC2CCC(C)O2)C1. The van der Waals surface area contributed by atoms with Crippen LogP contribution in [0.4, 0.5) is 0 Å². The second kappa shape index (κ2) is 6.91. The molecule has 0 aromatic carbocycles. The summed E-state index contributed by atoms with van der Waals surface area (Å²) in [5.41, 5.74) is 0. The summed E-state index contributed by atoms with van der Waals surface area (Å²) < 4.78 is 6.02. The third kappa shape index (κ3) is 3.71. The molecule has 2 nitrogen and oxygen atoms in total. The summed E-state index contributed by atoms with van der Waals surface area (Å²) >= 11 is 0. The Hall–Kier alpha value is -0.0800. The van der Waals surface area contributed by atoms with E-state index in [0.717, 1.165) is 17.9 Å². The van der Waals surface area contributed by atoms with Gasteiger partial charge in [0.25, 0.3) is 0 Å². The topological polar surface area (TPSA) is 21.3 Å². The molecule has 5 unspecified atom stereocenters. The van der Waals surface area contributed by atoms with E-state index in [2.05, 4.69) is 26.2 Å². The van der Waals surface area contributed by atoms with Gasteiger partial charge in [-0.15, -0.1) is 0 Å². The molecule has 1 saturated heterocycles. The molecule has 2 rings (SSSR count). The van der Waals surface area contributed by atoms with Crippen LogP contribution in [0.25, 0.3) is 0 Å². The van der Waals surface area contributed by atoms with Crippen LogP contribution in [-0.2, 0) is 4.74 Å². The highest BCUT2D eigenvalue weighted by Gasteiger charge is 2.33. The maximum atomic E-state index is 6.02. The molecule has 1 aliphatic carbocycles. The zero-order chi connectivity index (χ0) is 13.0. The molecule has 0 aromatic rings. The molecule has 18 heavy (non-hydrogen) atoms. The molecular weight excluding hydrogens is 222 g/mol. The van der Waals surface area contributed by atoms with Crippen molar-refractivity contribution in [1.82, 2.24) is 5.32 Å². The average molecular weight is 253 g/mol. The van der Waals surface area contributed by atoms with Gasteiger partial charge in [-0.25, -0.2) is 0 Å². The smallest absolute Gasteiger partial charge is 0.0583 e. The Kier molecular flexibility index (Phi) is 5.50. The molecule has 0 spiro atoms. The summed E-state index contributed by atoms with van der Waals surface area (Å²) in [5, 5.41) is 3.55. The van der Waals surface area contributed by atoms with Gasteiger partial charge in [-0.2, -0.15) is 0 Å². The number of nitrogens with one attached hydrogen (secondary N) is 1. The van der Waals surface area contributed by atoms with Crippen molar-refractivity contribution in [3.8, 4) is 0 Å². The Morgan fingerprint density at radius 3 is 2.61 bits per heavy atom. The van der Waals surface area contributed by atoms with Gasteiger partial charge in [0.1, 0.15) is 0 Å². The summed E-state index contributed by atoms with van der Waals surface area (Å²) in [6.07, 6.45) is 11.9. The fourth-order valence-electron chi connectivity index (χ4n) is 4.07. The van der Waals surface area contributed by atoms with Gasteiger partial charge in [-0.1, -0.05) is 19.8 Å². The first-order valence-corrected chi connectivity index (χ1v) is 8.05. The lowest BCUT2D eigenvalue weighted by Gasteiger charge is -2.37. The molecule has 1 heterocycles. The largest absolute Gasteiger partial charge is 0.375 e. The Bertz CT molecular complexity index is 243. The third-order valence-electron chi connectivity index (χ3n) is 5.04. The number of ether oxygens (including phenoxy) is 1. The fourth-order valence-corrected chi connectivity index (χ4v) is 4.07. The molecule has 2 heteroatoms. The fraction of sp³-hybridized carbons (Fsp3) is 1.00. The molecule has 0 radical (unpaired) electrons. The summed E-state index contributed by atoms with van der Waals surface area (Å²) in [6.45, 7) is 4.54.